The molecule has 0 aliphatic carbocycles. The van der Waals surface area contributed by atoms with E-state index in [1.807, 2.05) is 0 Å². The van der Waals surface area contributed by atoms with Crippen LogP contribution in [-0.2, 0) is 4.79 Å². The summed E-state index contributed by atoms with van der Waals surface area (Å²) in [6.07, 6.45) is 2.21. The number of hydrogen-bond acceptors (Lipinski definition) is 2. The fraction of sp³-hybridized carbons (Fsp3) is 0.250. The number of rotatable bonds is 4. The maximum Gasteiger partial charge on any atom is 0.239 e. The van der Waals surface area contributed by atoms with Gasteiger partial charge in [-0.15, -0.1) is 6.58 Å². The first kappa shape index (κ1) is 6.56. The van der Waals surface area contributed by atoms with Gasteiger partial charge in [-0.25, -0.2) is 0 Å². The quantitative estimate of drug-likeness (QED) is 0.233. The van der Waals surface area contributed by atoms with E-state index >= 15 is 0 Å². The molecule has 0 rings (SSSR count). The van der Waals surface area contributed by atoms with Crippen LogP contribution in [0.3, 0.4) is 0 Å². The molecule has 0 heterocycles. The number of hydrogen-bond donors (Lipinski definition) is 0. The summed E-state index contributed by atoms with van der Waals surface area (Å²) in [4.78, 5) is 9.46. The number of amides is 1. The van der Waals surface area contributed by atoms with Crippen molar-refractivity contribution >= 4 is 18.4 Å². The normalized spacial score (nSPS) is 7.43. The van der Waals surface area contributed by atoms with Gasteiger partial charge >= 0.3 is 0 Å². The first-order valence-electron chi connectivity index (χ1n) is 1.78. The van der Waals surface area contributed by atoms with E-state index in [-0.39, 0.29) is 0 Å². The monoisotopic (exact) mass is 116 g/mol. The summed E-state index contributed by atoms with van der Waals surface area (Å²) in [5.41, 5.74) is 0. The third-order valence-electron chi connectivity index (χ3n) is 0.310. The smallest absolute Gasteiger partial charge is 0.239 e. The van der Waals surface area contributed by atoms with Gasteiger partial charge in [0.15, 0.2) is 0 Å². The molecular weight excluding hydrogens is 110 g/mol. The van der Waals surface area contributed by atoms with Gasteiger partial charge in [-0.05, 0) is 11.9 Å². The Balaban J connectivity index is 2.68. The lowest BCUT2D eigenvalue weighted by Crippen LogP contribution is -1.87. The van der Waals surface area contributed by atoms with Gasteiger partial charge in [0.2, 0.25) is 6.41 Å². The van der Waals surface area contributed by atoms with Crippen LogP contribution in [-0.4, -0.2) is 12.2 Å². The molecule has 1 amide bonds. The van der Waals surface area contributed by atoms with Gasteiger partial charge in [-0.2, -0.15) is 4.72 Å². The van der Waals surface area contributed by atoms with Gasteiger partial charge in [0, 0.05) is 5.75 Å². The molecule has 7 heavy (non-hydrogen) atoms. The molecule has 0 unspecified atom stereocenters. The Labute approximate surface area is 47.1 Å². The Hall–Kier alpha value is -0.440. The molecule has 0 saturated heterocycles. The third kappa shape index (κ3) is 5.56. The van der Waals surface area contributed by atoms with Crippen LogP contribution in [0.5, 0.6) is 0 Å². The lowest BCUT2D eigenvalue weighted by Gasteiger charge is -1.82. The second-order valence-electron chi connectivity index (χ2n) is 0.795. The van der Waals surface area contributed by atoms with E-state index in [0.717, 1.165) is 0 Å². The van der Waals surface area contributed by atoms with E-state index < -0.39 is 0 Å². The molecule has 2 nitrogen and oxygen atoms in total. The minimum absolute atomic E-state index is 0.522. The Bertz CT molecular complexity index is 56.7. The molecule has 0 fully saturated rings. The molecule has 3 heteroatoms. The van der Waals surface area contributed by atoms with Gasteiger partial charge in [-0.3, -0.25) is 4.79 Å². The molecule has 39 valence electrons. The standard InChI is InChI=1S/C4H6NOS/c1-2-3-7-5-4-6/h2,4H,1,3H2. The third-order valence-corrected chi connectivity index (χ3v) is 0.930. The van der Waals surface area contributed by atoms with Gasteiger partial charge in [0.1, 0.15) is 0 Å². The zero-order valence-electron chi connectivity index (χ0n) is 3.83. The minimum atomic E-state index is 0.522. The van der Waals surface area contributed by atoms with Gasteiger partial charge in [-0.1, -0.05) is 6.08 Å². The Morgan fingerprint density at radius 2 is 2.57 bits per heavy atom. The zero-order valence-corrected chi connectivity index (χ0v) is 4.65. The summed E-state index contributed by atoms with van der Waals surface area (Å²) in [5.74, 6) is 0.707. The Morgan fingerprint density at radius 3 is 3.00 bits per heavy atom. The minimum Gasteiger partial charge on any atom is -0.276 e. The van der Waals surface area contributed by atoms with Crippen LogP contribution in [0.15, 0.2) is 12.7 Å². The lowest BCUT2D eigenvalue weighted by molar-refractivity contribution is -0.108. The second kappa shape index (κ2) is 5.56. The van der Waals surface area contributed by atoms with Crippen LogP contribution in [0.4, 0.5) is 0 Å². The highest BCUT2D eigenvalue weighted by atomic mass is 32.2. The van der Waals surface area contributed by atoms with Crippen molar-refractivity contribution < 1.29 is 4.79 Å². The van der Waals surface area contributed by atoms with E-state index in [1.54, 1.807) is 6.08 Å². The molecule has 0 aliphatic heterocycles. The van der Waals surface area contributed by atoms with Crippen molar-refractivity contribution in [2.24, 2.45) is 0 Å². The highest BCUT2D eigenvalue weighted by molar-refractivity contribution is 7.97. The number of carbonyl (C=O) groups excluding carboxylic acids is 1. The largest absolute Gasteiger partial charge is 0.276 e. The van der Waals surface area contributed by atoms with Gasteiger partial charge in [0.05, 0.1) is 0 Å². The van der Waals surface area contributed by atoms with E-state index in [9.17, 15) is 4.79 Å². The molecule has 0 aromatic rings. The number of carbonyl (C=O) groups is 1. The molecule has 0 aromatic carbocycles. The van der Waals surface area contributed by atoms with Crippen molar-refractivity contribution in [2.75, 3.05) is 5.75 Å². The molecule has 0 bridgehead atoms. The van der Waals surface area contributed by atoms with Crippen molar-refractivity contribution in [1.82, 2.24) is 4.72 Å². The molecule has 0 aromatic heterocycles. The van der Waals surface area contributed by atoms with E-state index in [4.69, 9.17) is 0 Å². The molecule has 0 spiro atoms. The van der Waals surface area contributed by atoms with Gasteiger partial charge in [0.25, 0.3) is 0 Å². The Kier molecular flexibility index (Phi) is 5.21. The van der Waals surface area contributed by atoms with Crippen molar-refractivity contribution in [3.05, 3.63) is 12.7 Å². The lowest BCUT2D eigenvalue weighted by atomic mass is 10.8. The fourth-order valence-corrected chi connectivity index (χ4v) is 0.379. The number of nitrogens with zero attached hydrogens (tertiary/aromatic N) is 1. The highest BCUT2D eigenvalue weighted by Crippen LogP contribution is 1.90. The predicted molar refractivity (Wildman–Crippen MR) is 30.9 cm³/mol. The summed E-state index contributed by atoms with van der Waals surface area (Å²) in [6, 6.07) is 0. The van der Waals surface area contributed by atoms with E-state index in [1.165, 1.54) is 11.9 Å². The van der Waals surface area contributed by atoms with Crippen LogP contribution < -0.4 is 4.72 Å². The summed E-state index contributed by atoms with van der Waals surface area (Å²) in [7, 11) is 0. The fourth-order valence-electron chi connectivity index (χ4n) is 0.126. The van der Waals surface area contributed by atoms with Crippen LogP contribution in [0, 0.1) is 0 Å². The molecule has 0 N–H and O–H groups in total. The van der Waals surface area contributed by atoms with Crippen molar-refractivity contribution in [3.63, 3.8) is 0 Å². The van der Waals surface area contributed by atoms with Crippen LogP contribution >= 0.6 is 11.9 Å². The van der Waals surface area contributed by atoms with Crippen LogP contribution in [0.2, 0.25) is 0 Å². The zero-order chi connectivity index (χ0) is 5.54. The van der Waals surface area contributed by atoms with Crippen LogP contribution in [0.1, 0.15) is 0 Å². The predicted octanol–water partition coefficient (Wildman–Crippen LogP) is 0.581. The van der Waals surface area contributed by atoms with Gasteiger partial charge < -0.3 is 0 Å². The van der Waals surface area contributed by atoms with Crippen LogP contribution in [0.25, 0.3) is 0 Å². The molecule has 0 atom stereocenters. The summed E-state index contributed by atoms with van der Waals surface area (Å²) in [6.45, 7) is 3.44. The van der Waals surface area contributed by atoms with E-state index in [2.05, 4.69) is 11.3 Å². The first-order chi connectivity index (χ1) is 3.41. The SMILES string of the molecule is C=CCS[N]C=O. The summed E-state index contributed by atoms with van der Waals surface area (Å²) >= 11 is 1.19. The average molecular weight is 116 g/mol. The summed E-state index contributed by atoms with van der Waals surface area (Å²) in [5, 5.41) is 0. The maximum absolute atomic E-state index is 9.46. The second-order valence-corrected chi connectivity index (χ2v) is 1.60. The molecule has 0 saturated carbocycles. The maximum atomic E-state index is 9.46. The van der Waals surface area contributed by atoms with Crippen molar-refractivity contribution in [1.29, 1.82) is 0 Å². The average Bonchev–Trinajstić information content (AvgIpc) is 1.69. The van der Waals surface area contributed by atoms with Crippen molar-refractivity contribution in [3.8, 4) is 0 Å². The van der Waals surface area contributed by atoms with E-state index in [0.29, 0.717) is 12.2 Å². The molecular formula is C4H6NOS. The Morgan fingerprint density at radius 1 is 1.86 bits per heavy atom. The molecule has 0 aliphatic rings. The summed E-state index contributed by atoms with van der Waals surface area (Å²) < 4.78 is 3.33. The van der Waals surface area contributed by atoms with Crippen molar-refractivity contribution in [2.45, 2.75) is 0 Å². The highest BCUT2D eigenvalue weighted by Gasteiger charge is 1.76. The first-order valence-corrected chi connectivity index (χ1v) is 2.72. The topological polar surface area (TPSA) is 31.2 Å². The molecule has 1 radical (unpaired) electrons.